The highest BCUT2D eigenvalue weighted by atomic mass is 35.5. The molecule has 1 rings (SSSR count). The van der Waals surface area contributed by atoms with Gasteiger partial charge in [0, 0.05) is 25.7 Å². The Labute approximate surface area is 118 Å². The number of aryl methyl sites for hydroxylation is 1. The second kappa shape index (κ2) is 7.81. The molecule has 1 unspecified atom stereocenters. The molecule has 108 valence electrons. The number of hydrogen-bond donors (Lipinski definition) is 2. The average molecular weight is 290 g/mol. The van der Waals surface area contributed by atoms with Crippen molar-refractivity contribution >= 4 is 30.0 Å². The summed E-state index contributed by atoms with van der Waals surface area (Å²) < 4.78 is 6.52. The fourth-order valence-corrected chi connectivity index (χ4v) is 1.41. The number of halogens is 1. The van der Waals surface area contributed by atoms with Gasteiger partial charge in [-0.05, 0) is 13.0 Å². The summed E-state index contributed by atoms with van der Waals surface area (Å²) in [6.07, 6.45) is 1.66. The first-order chi connectivity index (χ1) is 8.49. The van der Waals surface area contributed by atoms with Gasteiger partial charge in [0.25, 0.3) is 0 Å². The standard InChI is InChI=1S/C12H19N3O3.ClH/c1-4-18-12(17)10-5-9(7-15(10)3)14-11(16)8(2)6-13;/h5,7-8H,4,6,13H2,1-3H3,(H,14,16);1H. The highest BCUT2D eigenvalue weighted by molar-refractivity contribution is 5.95. The third-order valence-corrected chi connectivity index (χ3v) is 2.56. The van der Waals surface area contributed by atoms with E-state index in [1.807, 2.05) is 0 Å². The molecule has 0 aromatic carbocycles. The van der Waals surface area contributed by atoms with Gasteiger partial charge in [0.1, 0.15) is 5.69 Å². The molecule has 0 radical (unpaired) electrons. The molecule has 0 saturated carbocycles. The van der Waals surface area contributed by atoms with Crippen molar-refractivity contribution in [2.45, 2.75) is 13.8 Å². The van der Waals surface area contributed by atoms with Crippen LogP contribution in [0.5, 0.6) is 0 Å². The van der Waals surface area contributed by atoms with Crippen molar-refractivity contribution in [3.8, 4) is 0 Å². The predicted octanol–water partition coefficient (Wildman–Crippen LogP) is 1.16. The minimum absolute atomic E-state index is 0. The SMILES string of the molecule is CCOC(=O)c1cc(NC(=O)C(C)CN)cn1C.Cl. The van der Waals surface area contributed by atoms with E-state index in [9.17, 15) is 9.59 Å². The van der Waals surface area contributed by atoms with Crippen molar-refractivity contribution < 1.29 is 14.3 Å². The summed E-state index contributed by atoms with van der Waals surface area (Å²) in [7, 11) is 1.72. The number of nitrogens with zero attached hydrogens (tertiary/aromatic N) is 1. The molecule has 1 amide bonds. The maximum atomic E-state index is 11.6. The molecule has 7 heteroatoms. The molecular formula is C12H20ClN3O3. The Morgan fingerprint density at radius 1 is 1.53 bits per heavy atom. The van der Waals surface area contributed by atoms with Crippen LogP contribution in [0.3, 0.4) is 0 Å². The van der Waals surface area contributed by atoms with Gasteiger partial charge in [0.15, 0.2) is 0 Å². The monoisotopic (exact) mass is 289 g/mol. The van der Waals surface area contributed by atoms with E-state index < -0.39 is 5.97 Å². The molecule has 3 N–H and O–H groups in total. The molecule has 0 fully saturated rings. The normalized spacial score (nSPS) is 11.4. The van der Waals surface area contributed by atoms with Crippen molar-refractivity contribution in [1.82, 2.24) is 4.57 Å². The minimum Gasteiger partial charge on any atom is -0.461 e. The van der Waals surface area contributed by atoms with Gasteiger partial charge in [-0.3, -0.25) is 4.79 Å². The van der Waals surface area contributed by atoms with Crippen LogP contribution in [-0.4, -0.2) is 29.6 Å². The van der Waals surface area contributed by atoms with Crippen molar-refractivity contribution in [1.29, 1.82) is 0 Å². The third kappa shape index (κ3) is 4.57. The van der Waals surface area contributed by atoms with Gasteiger partial charge in [0.05, 0.1) is 12.3 Å². The molecule has 1 atom stereocenters. The Morgan fingerprint density at radius 2 is 2.16 bits per heavy atom. The first kappa shape index (κ1) is 17.5. The lowest BCUT2D eigenvalue weighted by Crippen LogP contribution is -2.26. The van der Waals surface area contributed by atoms with Gasteiger partial charge in [-0.1, -0.05) is 6.92 Å². The Hall–Kier alpha value is -1.53. The molecule has 19 heavy (non-hydrogen) atoms. The van der Waals surface area contributed by atoms with Crippen LogP contribution in [0.25, 0.3) is 0 Å². The lowest BCUT2D eigenvalue weighted by molar-refractivity contribution is -0.119. The van der Waals surface area contributed by atoms with E-state index in [0.717, 1.165) is 0 Å². The Morgan fingerprint density at radius 3 is 2.68 bits per heavy atom. The van der Waals surface area contributed by atoms with Gasteiger partial charge in [0.2, 0.25) is 5.91 Å². The molecule has 0 saturated heterocycles. The molecule has 1 heterocycles. The molecule has 1 aromatic heterocycles. The molecule has 0 spiro atoms. The smallest absolute Gasteiger partial charge is 0.355 e. The molecule has 0 bridgehead atoms. The zero-order valence-corrected chi connectivity index (χ0v) is 12.1. The Bertz CT molecular complexity index is 445. The number of carbonyl (C=O) groups is 2. The lowest BCUT2D eigenvalue weighted by Gasteiger charge is -2.07. The number of nitrogens with one attached hydrogen (secondary N) is 1. The fourth-order valence-electron chi connectivity index (χ4n) is 1.41. The largest absolute Gasteiger partial charge is 0.461 e. The fraction of sp³-hybridized carbons (Fsp3) is 0.500. The number of esters is 1. The Kier molecular flexibility index (Phi) is 7.18. The molecule has 0 aliphatic heterocycles. The predicted molar refractivity (Wildman–Crippen MR) is 75.5 cm³/mol. The molecule has 0 aliphatic rings. The summed E-state index contributed by atoms with van der Waals surface area (Å²) >= 11 is 0. The first-order valence-corrected chi connectivity index (χ1v) is 5.84. The van der Waals surface area contributed by atoms with Crippen LogP contribution >= 0.6 is 12.4 Å². The van der Waals surface area contributed by atoms with Gasteiger partial charge >= 0.3 is 5.97 Å². The topological polar surface area (TPSA) is 86.3 Å². The summed E-state index contributed by atoms with van der Waals surface area (Å²) in [5.74, 6) is -0.845. The number of aromatic nitrogens is 1. The number of rotatable bonds is 5. The second-order valence-corrected chi connectivity index (χ2v) is 4.07. The number of carbonyl (C=O) groups excluding carboxylic acids is 2. The van der Waals surface area contributed by atoms with E-state index in [1.54, 1.807) is 37.7 Å². The highest BCUT2D eigenvalue weighted by Gasteiger charge is 2.16. The van der Waals surface area contributed by atoms with Gasteiger partial charge in [-0.25, -0.2) is 4.79 Å². The van der Waals surface area contributed by atoms with Gasteiger partial charge in [-0.2, -0.15) is 0 Å². The minimum atomic E-state index is -0.410. The summed E-state index contributed by atoms with van der Waals surface area (Å²) in [5, 5.41) is 2.70. The third-order valence-electron chi connectivity index (χ3n) is 2.56. The maximum absolute atomic E-state index is 11.6. The summed E-state index contributed by atoms with van der Waals surface area (Å²) in [6.45, 7) is 4.08. The number of anilines is 1. The van der Waals surface area contributed by atoms with Crippen LogP contribution in [0.2, 0.25) is 0 Å². The average Bonchev–Trinajstić information content (AvgIpc) is 2.69. The van der Waals surface area contributed by atoms with E-state index in [0.29, 0.717) is 18.0 Å². The maximum Gasteiger partial charge on any atom is 0.355 e. The zero-order chi connectivity index (χ0) is 13.7. The molecular weight excluding hydrogens is 270 g/mol. The number of hydrogen-bond acceptors (Lipinski definition) is 4. The molecule has 1 aromatic rings. The van der Waals surface area contributed by atoms with Crippen LogP contribution in [0.15, 0.2) is 12.3 Å². The van der Waals surface area contributed by atoms with Crippen LogP contribution < -0.4 is 11.1 Å². The van der Waals surface area contributed by atoms with Crippen molar-refractivity contribution in [2.75, 3.05) is 18.5 Å². The van der Waals surface area contributed by atoms with Crippen molar-refractivity contribution in [3.63, 3.8) is 0 Å². The molecule has 6 nitrogen and oxygen atoms in total. The quantitative estimate of drug-likeness (QED) is 0.796. The van der Waals surface area contributed by atoms with Crippen LogP contribution in [-0.2, 0) is 16.6 Å². The van der Waals surface area contributed by atoms with E-state index >= 15 is 0 Å². The Balaban J connectivity index is 0.00000324. The van der Waals surface area contributed by atoms with Crippen LogP contribution in [0.1, 0.15) is 24.3 Å². The highest BCUT2D eigenvalue weighted by Crippen LogP contribution is 2.14. The van der Waals surface area contributed by atoms with Gasteiger partial charge < -0.3 is 20.4 Å². The second-order valence-electron chi connectivity index (χ2n) is 4.07. The lowest BCUT2D eigenvalue weighted by atomic mass is 10.2. The summed E-state index contributed by atoms with van der Waals surface area (Å²) in [5.41, 5.74) is 6.37. The van der Waals surface area contributed by atoms with Crippen molar-refractivity contribution in [3.05, 3.63) is 18.0 Å². The first-order valence-electron chi connectivity index (χ1n) is 5.84. The van der Waals surface area contributed by atoms with E-state index in [1.165, 1.54) is 0 Å². The molecule has 0 aliphatic carbocycles. The van der Waals surface area contributed by atoms with E-state index in [4.69, 9.17) is 10.5 Å². The van der Waals surface area contributed by atoms with E-state index in [2.05, 4.69) is 5.32 Å². The summed E-state index contributed by atoms with van der Waals surface area (Å²) in [6, 6.07) is 1.58. The zero-order valence-electron chi connectivity index (χ0n) is 11.3. The van der Waals surface area contributed by atoms with Crippen LogP contribution in [0.4, 0.5) is 5.69 Å². The number of amides is 1. The van der Waals surface area contributed by atoms with Crippen molar-refractivity contribution in [2.24, 2.45) is 18.7 Å². The number of nitrogens with two attached hydrogens (primary N) is 1. The van der Waals surface area contributed by atoms with Crippen LogP contribution in [0, 0.1) is 5.92 Å². The van der Waals surface area contributed by atoms with Gasteiger partial charge in [-0.15, -0.1) is 12.4 Å². The number of ether oxygens (including phenoxy) is 1. The van der Waals surface area contributed by atoms with E-state index in [-0.39, 0.29) is 30.8 Å². The summed E-state index contributed by atoms with van der Waals surface area (Å²) in [4.78, 5) is 23.2.